The Bertz CT molecular complexity index is 623. The molecule has 2 aromatic rings. The average Bonchev–Trinajstić information content (AvgIpc) is 3.28. The maximum atomic E-state index is 11.6. The van der Waals surface area contributed by atoms with Crippen LogP contribution in [-0.2, 0) is 4.79 Å². The van der Waals surface area contributed by atoms with Gasteiger partial charge in [-0.3, -0.25) is 4.79 Å². The summed E-state index contributed by atoms with van der Waals surface area (Å²) >= 11 is 6.07. The third-order valence-electron chi connectivity index (χ3n) is 3.12. The Labute approximate surface area is 122 Å². The molecule has 0 radical (unpaired) electrons. The maximum absolute atomic E-state index is 11.6. The normalized spacial score (nSPS) is 13.8. The van der Waals surface area contributed by atoms with Crippen molar-refractivity contribution < 1.29 is 4.79 Å². The zero-order valence-electron chi connectivity index (χ0n) is 10.8. The number of amides is 1. The fraction of sp³-hybridized carbons (Fsp3) is 0.200. The van der Waals surface area contributed by atoms with Gasteiger partial charge in [0.05, 0.1) is 22.6 Å². The number of para-hydroxylation sites is 1. The van der Waals surface area contributed by atoms with Crippen molar-refractivity contribution in [3.63, 3.8) is 0 Å². The van der Waals surface area contributed by atoms with Gasteiger partial charge in [0.1, 0.15) is 5.82 Å². The Hall–Kier alpha value is -2.07. The Balaban J connectivity index is 1.66. The molecule has 102 valence electrons. The van der Waals surface area contributed by atoms with Crippen LogP contribution in [0.2, 0.25) is 5.02 Å². The summed E-state index contributed by atoms with van der Waals surface area (Å²) in [4.78, 5) is 15.9. The van der Waals surface area contributed by atoms with E-state index in [1.807, 2.05) is 36.4 Å². The quantitative estimate of drug-likeness (QED) is 0.898. The lowest BCUT2D eigenvalue weighted by Crippen LogP contribution is -2.13. The van der Waals surface area contributed by atoms with Crippen LogP contribution in [0.5, 0.6) is 0 Å². The van der Waals surface area contributed by atoms with Gasteiger partial charge in [-0.2, -0.15) is 0 Å². The third kappa shape index (κ3) is 3.08. The second-order valence-electron chi connectivity index (χ2n) is 4.80. The summed E-state index contributed by atoms with van der Waals surface area (Å²) in [5.74, 6) is 0.956. The largest absolute Gasteiger partial charge is 0.339 e. The summed E-state index contributed by atoms with van der Waals surface area (Å²) in [5.41, 5.74) is 1.52. The van der Waals surface area contributed by atoms with Crippen LogP contribution < -0.4 is 10.6 Å². The first kappa shape index (κ1) is 12.9. The first-order valence-corrected chi connectivity index (χ1v) is 6.88. The van der Waals surface area contributed by atoms with Crippen molar-refractivity contribution in [2.45, 2.75) is 12.8 Å². The molecule has 1 aliphatic rings. The smallest absolute Gasteiger partial charge is 0.227 e. The van der Waals surface area contributed by atoms with Crippen LogP contribution in [0.1, 0.15) is 12.8 Å². The number of nitrogens with one attached hydrogen (secondary N) is 2. The number of carbonyl (C=O) groups excluding carboxylic acids is 1. The fourth-order valence-corrected chi connectivity index (χ4v) is 2.02. The molecule has 1 aromatic heterocycles. The fourth-order valence-electron chi connectivity index (χ4n) is 1.83. The number of pyridine rings is 1. The highest BCUT2D eigenvalue weighted by Crippen LogP contribution is 2.30. The Morgan fingerprint density at radius 1 is 1.20 bits per heavy atom. The summed E-state index contributed by atoms with van der Waals surface area (Å²) in [5, 5.41) is 6.62. The van der Waals surface area contributed by atoms with Crippen molar-refractivity contribution in [3.05, 3.63) is 47.6 Å². The Morgan fingerprint density at radius 3 is 2.65 bits per heavy atom. The SMILES string of the molecule is O=C(Nc1ccc(Nc2ccccc2Cl)nc1)C1CC1. The predicted molar refractivity (Wildman–Crippen MR) is 80.3 cm³/mol. The molecule has 0 bridgehead atoms. The van der Waals surface area contributed by atoms with Gasteiger partial charge in [0.15, 0.2) is 0 Å². The van der Waals surface area contributed by atoms with E-state index in [0.717, 1.165) is 18.5 Å². The number of hydrogen-bond acceptors (Lipinski definition) is 3. The van der Waals surface area contributed by atoms with E-state index in [4.69, 9.17) is 11.6 Å². The van der Waals surface area contributed by atoms with Crippen molar-refractivity contribution in [1.29, 1.82) is 0 Å². The molecule has 5 heteroatoms. The molecule has 4 nitrogen and oxygen atoms in total. The molecule has 2 N–H and O–H groups in total. The van der Waals surface area contributed by atoms with E-state index in [0.29, 0.717) is 16.5 Å². The van der Waals surface area contributed by atoms with Crippen molar-refractivity contribution in [3.8, 4) is 0 Å². The van der Waals surface area contributed by atoms with Gasteiger partial charge >= 0.3 is 0 Å². The van der Waals surface area contributed by atoms with E-state index in [1.165, 1.54) is 0 Å². The first-order valence-electron chi connectivity index (χ1n) is 6.51. The van der Waals surface area contributed by atoms with E-state index in [1.54, 1.807) is 6.20 Å². The van der Waals surface area contributed by atoms with E-state index < -0.39 is 0 Å². The number of hydrogen-bond donors (Lipinski definition) is 2. The Kier molecular flexibility index (Phi) is 3.56. The molecule has 0 atom stereocenters. The van der Waals surface area contributed by atoms with Crippen LogP contribution in [-0.4, -0.2) is 10.9 Å². The molecule has 0 aliphatic heterocycles. The molecule has 20 heavy (non-hydrogen) atoms. The molecule has 1 aromatic carbocycles. The summed E-state index contributed by atoms with van der Waals surface area (Å²) in [6.45, 7) is 0. The minimum atomic E-state index is 0.0820. The lowest BCUT2D eigenvalue weighted by molar-refractivity contribution is -0.117. The van der Waals surface area contributed by atoms with Crippen molar-refractivity contribution in [1.82, 2.24) is 4.98 Å². The lowest BCUT2D eigenvalue weighted by atomic mass is 10.3. The van der Waals surface area contributed by atoms with Gasteiger partial charge < -0.3 is 10.6 Å². The maximum Gasteiger partial charge on any atom is 0.227 e. The van der Waals surface area contributed by atoms with Gasteiger partial charge in [-0.1, -0.05) is 23.7 Å². The standard InChI is InChI=1S/C15H14ClN3O/c16-12-3-1-2-4-13(12)19-14-8-7-11(9-17-14)18-15(20)10-5-6-10/h1-4,7-10H,5-6H2,(H,17,19)(H,18,20). The van der Waals surface area contributed by atoms with Gasteiger partial charge in [0.25, 0.3) is 0 Å². The molecule has 1 aliphatic carbocycles. The zero-order chi connectivity index (χ0) is 13.9. The lowest BCUT2D eigenvalue weighted by Gasteiger charge is -2.08. The highest BCUT2D eigenvalue weighted by Gasteiger charge is 2.29. The van der Waals surface area contributed by atoms with Gasteiger partial charge in [-0.05, 0) is 37.1 Å². The van der Waals surface area contributed by atoms with E-state index in [9.17, 15) is 4.79 Å². The third-order valence-corrected chi connectivity index (χ3v) is 3.45. The number of rotatable bonds is 4. The van der Waals surface area contributed by atoms with Crippen LogP contribution in [0.15, 0.2) is 42.6 Å². The molecule has 1 saturated carbocycles. The van der Waals surface area contributed by atoms with E-state index >= 15 is 0 Å². The molecule has 1 heterocycles. The molecule has 0 saturated heterocycles. The summed E-state index contributed by atoms with van der Waals surface area (Å²) in [7, 11) is 0. The van der Waals surface area contributed by atoms with Crippen LogP contribution in [0.3, 0.4) is 0 Å². The number of anilines is 3. The molecule has 0 unspecified atom stereocenters. The second-order valence-corrected chi connectivity index (χ2v) is 5.21. The van der Waals surface area contributed by atoms with Gasteiger partial charge in [-0.15, -0.1) is 0 Å². The Morgan fingerprint density at radius 2 is 2.00 bits per heavy atom. The molecule has 3 rings (SSSR count). The van der Waals surface area contributed by atoms with Gasteiger partial charge in [-0.25, -0.2) is 4.98 Å². The molecule has 1 amide bonds. The van der Waals surface area contributed by atoms with Crippen LogP contribution in [0.25, 0.3) is 0 Å². The summed E-state index contributed by atoms with van der Waals surface area (Å²) in [6, 6.07) is 11.1. The topological polar surface area (TPSA) is 54.0 Å². The van der Waals surface area contributed by atoms with Crippen LogP contribution in [0.4, 0.5) is 17.2 Å². The number of halogens is 1. The first-order chi connectivity index (χ1) is 9.72. The number of benzene rings is 1. The second kappa shape index (κ2) is 5.51. The minimum absolute atomic E-state index is 0.0820. The number of nitrogens with zero attached hydrogens (tertiary/aromatic N) is 1. The van der Waals surface area contributed by atoms with E-state index in [2.05, 4.69) is 15.6 Å². The van der Waals surface area contributed by atoms with Gasteiger partial charge in [0, 0.05) is 5.92 Å². The van der Waals surface area contributed by atoms with Crippen molar-refractivity contribution in [2.75, 3.05) is 10.6 Å². The number of carbonyl (C=O) groups is 1. The van der Waals surface area contributed by atoms with Gasteiger partial charge in [0.2, 0.25) is 5.91 Å². The highest BCUT2D eigenvalue weighted by atomic mass is 35.5. The molecular weight excluding hydrogens is 274 g/mol. The summed E-state index contributed by atoms with van der Waals surface area (Å²) < 4.78 is 0. The van der Waals surface area contributed by atoms with Crippen molar-refractivity contribution in [2.24, 2.45) is 5.92 Å². The van der Waals surface area contributed by atoms with Crippen molar-refractivity contribution >= 4 is 34.7 Å². The molecule has 0 spiro atoms. The molecule has 1 fully saturated rings. The average molecular weight is 288 g/mol. The summed E-state index contributed by atoms with van der Waals surface area (Å²) in [6.07, 6.45) is 3.62. The van der Waals surface area contributed by atoms with Crippen LogP contribution in [0, 0.1) is 5.92 Å². The minimum Gasteiger partial charge on any atom is -0.339 e. The van der Waals surface area contributed by atoms with Crippen LogP contribution >= 0.6 is 11.6 Å². The monoisotopic (exact) mass is 287 g/mol. The van der Waals surface area contributed by atoms with E-state index in [-0.39, 0.29) is 11.8 Å². The highest BCUT2D eigenvalue weighted by molar-refractivity contribution is 6.33. The zero-order valence-corrected chi connectivity index (χ0v) is 11.5. The number of aromatic nitrogens is 1. The molecular formula is C15H14ClN3O. The predicted octanol–water partition coefficient (Wildman–Crippen LogP) is 3.83.